The molecule has 1 atom stereocenters. The Balaban J connectivity index is 0.00000169. The van der Waals surface area contributed by atoms with Crippen LogP contribution in [0.5, 0.6) is 0 Å². The third kappa shape index (κ3) is 3.59. The molecular weight excluding hydrogens is 244 g/mol. The van der Waals surface area contributed by atoms with E-state index in [2.05, 4.69) is 4.98 Å². The van der Waals surface area contributed by atoms with Crippen molar-refractivity contribution >= 4 is 35.6 Å². The van der Waals surface area contributed by atoms with Gasteiger partial charge in [-0.3, -0.25) is 0 Å². The largest absolute Gasteiger partial charge is 0.330 e. The van der Waals surface area contributed by atoms with Gasteiger partial charge in [0.15, 0.2) is 0 Å². The van der Waals surface area contributed by atoms with Gasteiger partial charge in [-0.1, -0.05) is 29.3 Å². The maximum absolute atomic E-state index is 5.84. The summed E-state index contributed by atoms with van der Waals surface area (Å²) in [4.78, 5) is 3.89. The Bertz CT molecular complexity index is 293. The van der Waals surface area contributed by atoms with Crippen molar-refractivity contribution in [2.75, 3.05) is 6.54 Å². The molecule has 1 aromatic rings. The lowest BCUT2D eigenvalue weighted by atomic mass is 10.1. The summed E-state index contributed by atoms with van der Waals surface area (Å²) >= 11 is 11.5. The molecule has 1 aromatic heterocycles. The molecule has 0 fully saturated rings. The Kier molecular flexibility index (Phi) is 6.40. The number of nitrogens with zero attached hydrogens (tertiary/aromatic N) is 1. The van der Waals surface area contributed by atoms with Gasteiger partial charge in [-0.15, -0.1) is 12.4 Å². The summed E-state index contributed by atoms with van der Waals surface area (Å²) in [6, 6.07) is 3.28. The molecule has 14 heavy (non-hydrogen) atoms. The SMILES string of the molecule is Cl.NCC[C@H](N)c1ccc(Cl)nc1Cl. The van der Waals surface area contributed by atoms with E-state index in [4.69, 9.17) is 34.7 Å². The smallest absolute Gasteiger partial charge is 0.135 e. The summed E-state index contributed by atoms with van der Waals surface area (Å²) in [5.74, 6) is 0. The van der Waals surface area contributed by atoms with Gasteiger partial charge in [-0.25, -0.2) is 4.98 Å². The zero-order valence-corrected chi connectivity index (χ0v) is 9.74. The van der Waals surface area contributed by atoms with E-state index in [0.29, 0.717) is 23.3 Å². The topological polar surface area (TPSA) is 64.9 Å². The van der Waals surface area contributed by atoms with Crippen LogP contribution in [0.4, 0.5) is 0 Å². The van der Waals surface area contributed by atoms with E-state index in [1.54, 1.807) is 12.1 Å². The number of aromatic nitrogens is 1. The molecule has 80 valence electrons. The van der Waals surface area contributed by atoms with Crippen molar-refractivity contribution < 1.29 is 0 Å². The lowest BCUT2D eigenvalue weighted by molar-refractivity contribution is 0.659. The van der Waals surface area contributed by atoms with Crippen LogP contribution in [0, 0.1) is 0 Å². The number of hydrogen-bond acceptors (Lipinski definition) is 3. The van der Waals surface area contributed by atoms with Crippen LogP contribution < -0.4 is 11.5 Å². The van der Waals surface area contributed by atoms with Gasteiger partial charge in [-0.2, -0.15) is 0 Å². The highest BCUT2D eigenvalue weighted by molar-refractivity contribution is 6.32. The van der Waals surface area contributed by atoms with Crippen molar-refractivity contribution in [3.05, 3.63) is 28.0 Å². The van der Waals surface area contributed by atoms with Gasteiger partial charge < -0.3 is 11.5 Å². The lowest BCUT2D eigenvalue weighted by Crippen LogP contribution is -2.16. The highest BCUT2D eigenvalue weighted by atomic mass is 35.5. The molecule has 0 bridgehead atoms. The molecule has 0 aliphatic rings. The average molecular weight is 257 g/mol. The minimum atomic E-state index is -0.165. The first-order valence-corrected chi connectivity index (χ1v) is 4.68. The molecule has 0 aliphatic carbocycles. The molecule has 0 aromatic carbocycles. The summed E-state index contributed by atoms with van der Waals surface area (Å²) in [5.41, 5.74) is 12.0. The fraction of sp³-hybridized carbons (Fsp3) is 0.375. The highest BCUT2D eigenvalue weighted by Gasteiger charge is 2.10. The summed E-state index contributed by atoms with van der Waals surface area (Å²) in [5, 5.41) is 0.724. The van der Waals surface area contributed by atoms with Gasteiger partial charge in [0.2, 0.25) is 0 Å². The quantitative estimate of drug-likeness (QED) is 0.815. The zero-order chi connectivity index (χ0) is 9.84. The maximum atomic E-state index is 5.84. The fourth-order valence-corrected chi connectivity index (χ4v) is 1.52. The van der Waals surface area contributed by atoms with E-state index >= 15 is 0 Å². The molecule has 1 heterocycles. The molecule has 0 unspecified atom stereocenters. The van der Waals surface area contributed by atoms with Crippen molar-refractivity contribution in [1.82, 2.24) is 4.98 Å². The zero-order valence-electron chi connectivity index (χ0n) is 7.41. The monoisotopic (exact) mass is 255 g/mol. The first-order valence-electron chi connectivity index (χ1n) is 3.92. The summed E-state index contributed by atoms with van der Waals surface area (Å²) in [6.07, 6.45) is 0.684. The van der Waals surface area contributed by atoms with Crippen molar-refractivity contribution in [3.63, 3.8) is 0 Å². The van der Waals surface area contributed by atoms with Gasteiger partial charge in [-0.05, 0) is 19.0 Å². The van der Waals surface area contributed by atoms with Crippen molar-refractivity contribution in [2.45, 2.75) is 12.5 Å². The summed E-state index contributed by atoms with van der Waals surface area (Å²) < 4.78 is 0. The second-order valence-electron chi connectivity index (χ2n) is 2.70. The average Bonchev–Trinajstić information content (AvgIpc) is 2.04. The van der Waals surface area contributed by atoms with Crippen molar-refractivity contribution in [1.29, 1.82) is 0 Å². The Labute approximate surface area is 99.2 Å². The number of pyridine rings is 1. The number of nitrogens with two attached hydrogens (primary N) is 2. The van der Waals surface area contributed by atoms with Gasteiger partial charge >= 0.3 is 0 Å². The van der Waals surface area contributed by atoms with E-state index in [0.717, 1.165) is 5.56 Å². The van der Waals surface area contributed by atoms with Crippen LogP contribution in [0.2, 0.25) is 10.3 Å². The Morgan fingerprint density at radius 2 is 2.00 bits per heavy atom. The van der Waals surface area contributed by atoms with E-state index in [9.17, 15) is 0 Å². The summed E-state index contributed by atoms with van der Waals surface area (Å²) in [7, 11) is 0. The molecule has 1 rings (SSSR count). The Hall–Kier alpha value is -0.0600. The minimum Gasteiger partial charge on any atom is -0.330 e. The maximum Gasteiger partial charge on any atom is 0.135 e. The van der Waals surface area contributed by atoms with Crippen LogP contribution in [0.3, 0.4) is 0 Å². The van der Waals surface area contributed by atoms with Crippen LogP contribution in [0.1, 0.15) is 18.0 Å². The Morgan fingerprint density at radius 3 is 2.50 bits per heavy atom. The fourth-order valence-electron chi connectivity index (χ4n) is 1.03. The van der Waals surface area contributed by atoms with Crippen LogP contribution in [-0.4, -0.2) is 11.5 Å². The number of hydrogen-bond donors (Lipinski definition) is 2. The van der Waals surface area contributed by atoms with Crippen molar-refractivity contribution in [3.8, 4) is 0 Å². The van der Waals surface area contributed by atoms with Crippen LogP contribution in [0.15, 0.2) is 12.1 Å². The second-order valence-corrected chi connectivity index (χ2v) is 3.44. The van der Waals surface area contributed by atoms with Crippen LogP contribution in [-0.2, 0) is 0 Å². The molecule has 0 amide bonds. The predicted octanol–water partition coefficient (Wildman–Crippen LogP) is 2.16. The van der Waals surface area contributed by atoms with Gasteiger partial charge in [0.25, 0.3) is 0 Å². The van der Waals surface area contributed by atoms with Gasteiger partial charge in [0.1, 0.15) is 10.3 Å². The minimum absolute atomic E-state index is 0. The first kappa shape index (κ1) is 13.9. The molecule has 0 radical (unpaired) electrons. The molecule has 0 spiro atoms. The molecule has 0 saturated heterocycles. The van der Waals surface area contributed by atoms with E-state index in [-0.39, 0.29) is 18.4 Å². The third-order valence-electron chi connectivity index (χ3n) is 1.72. The lowest BCUT2D eigenvalue weighted by Gasteiger charge is -2.11. The number of rotatable bonds is 3. The first-order chi connectivity index (χ1) is 6.15. The van der Waals surface area contributed by atoms with Gasteiger partial charge in [0.05, 0.1) is 0 Å². The molecule has 4 N–H and O–H groups in total. The van der Waals surface area contributed by atoms with Crippen LogP contribution in [0.25, 0.3) is 0 Å². The van der Waals surface area contributed by atoms with Crippen molar-refractivity contribution in [2.24, 2.45) is 11.5 Å². The molecular formula is C8H12Cl3N3. The molecule has 6 heteroatoms. The second kappa shape index (κ2) is 6.43. The van der Waals surface area contributed by atoms with E-state index < -0.39 is 0 Å². The Morgan fingerprint density at radius 1 is 1.36 bits per heavy atom. The van der Waals surface area contributed by atoms with Gasteiger partial charge in [0, 0.05) is 11.6 Å². The highest BCUT2D eigenvalue weighted by Crippen LogP contribution is 2.23. The van der Waals surface area contributed by atoms with E-state index in [1.165, 1.54) is 0 Å². The molecule has 0 saturated carbocycles. The molecule has 3 nitrogen and oxygen atoms in total. The normalized spacial score (nSPS) is 12.0. The van der Waals surface area contributed by atoms with Crippen LogP contribution >= 0.6 is 35.6 Å². The van der Waals surface area contributed by atoms with E-state index in [1.807, 2.05) is 0 Å². The third-order valence-corrected chi connectivity index (χ3v) is 2.23. The summed E-state index contributed by atoms with van der Waals surface area (Å²) in [6.45, 7) is 0.528. The standard InChI is InChI=1S/C8H11Cl2N3.ClH/c9-7-2-1-5(8(10)13-7)6(12)3-4-11;/h1-2,6H,3-4,11-12H2;1H/t6-;/m0./s1. The number of halogens is 3. The predicted molar refractivity (Wildman–Crippen MR) is 62.1 cm³/mol. The molecule has 0 aliphatic heterocycles.